The molecule has 4 heteroatoms. The highest BCUT2D eigenvalue weighted by molar-refractivity contribution is 6.28. The molecule has 1 aromatic rings. The van der Waals surface area contributed by atoms with Gasteiger partial charge >= 0.3 is 0 Å². The van der Waals surface area contributed by atoms with E-state index in [1.807, 2.05) is 13.8 Å². The number of hydrogen-bond acceptors (Lipinski definition) is 2. The maximum atomic E-state index is 9.41. The number of phenolic OH excluding ortho intramolecular Hbond substituents is 1. The fourth-order valence-corrected chi connectivity index (χ4v) is 1.16. The van der Waals surface area contributed by atoms with Crippen LogP contribution in [0.15, 0.2) is 17.1 Å². The summed E-state index contributed by atoms with van der Waals surface area (Å²) in [5.74, 6) is 0.852. The SMILES string of the molecule is Cc1c(O)ccc(N=C(N)CCl)c1C. The van der Waals surface area contributed by atoms with E-state index >= 15 is 0 Å². The number of hydrogen-bond donors (Lipinski definition) is 2. The first-order chi connectivity index (χ1) is 6.56. The average Bonchev–Trinajstić information content (AvgIpc) is 2.19. The molecule has 0 aliphatic rings. The van der Waals surface area contributed by atoms with E-state index in [-0.39, 0.29) is 11.6 Å². The van der Waals surface area contributed by atoms with Crippen molar-refractivity contribution in [3.63, 3.8) is 0 Å². The first-order valence-electron chi connectivity index (χ1n) is 4.24. The molecule has 76 valence electrons. The van der Waals surface area contributed by atoms with Gasteiger partial charge in [-0.15, -0.1) is 11.6 Å². The highest BCUT2D eigenvalue weighted by Gasteiger charge is 2.04. The largest absolute Gasteiger partial charge is 0.508 e. The number of aliphatic imine (C=N–C) groups is 1. The quantitative estimate of drug-likeness (QED) is 0.449. The van der Waals surface area contributed by atoms with Crippen molar-refractivity contribution in [2.75, 3.05) is 5.88 Å². The molecule has 3 nitrogen and oxygen atoms in total. The van der Waals surface area contributed by atoms with E-state index in [1.165, 1.54) is 0 Å². The van der Waals surface area contributed by atoms with E-state index in [1.54, 1.807) is 12.1 Å². The Balaban J connectivity index is 3.18. The summed E-state index contributed by atoms with van der Waals surface area (Å²) in [6, 6.07) is 3.32. The van der Waals surface area contributed by atoms with Crippen LogP contribution in [-0.2, 0) is 0 Å². The maximum Gasteiger partial charge on any atom is 0.118 e. The number of rotatable bonds is 2. The van der Waals surface area contributed by atoms with Crippen molar-refractivity contribution >= 4 is 23.1 Å². The number of nitrogens with two attached hydrogens (primary N) is 1. The summed E-state index contributed by atoms with van der Waals surface area (Å²) in [5.41, 5.74) is 7.99. The summed E-state index contributed by atoms with van der Waals surface area (Å²) in [5, 5.41) is 9.41. The first-order valence-corrected chi connectivity index (χ1v) is 4.78. The van der Waals surface area contributed by atoms with Crippen molar-refractivity contribution in [2.45, 2.75) is 13.8 Å². The van der Waals surface area contributed by atoms with Gasteiger partial charge in [0.2, 0.25) is 0 Å². The molecule has 0 radical (unpaired) electrons. The molecular formula is C10H13ClN2O. The summed E-state index contributed by atoms with van der Waals surface area (Å²) in [7, 11) is 0. The second-order valence-electron chi connectivity index (χ2n) is 3.09. The van der Waals surface area contributed by atoms with E-state index in [9.17, 15) is 5.11 Å². The Labute approximate surface area is 88.2 Å². The molecule has 0 spiro atoms. The van der Waals surface area contributed by atoms with Crippen LogP contribution in [0.4, 0.5) is 5.69 Å². The molecule has 0 aliphatic carbocycles. The molecule has 0 amide bonds. The van der Waals surface area contributed by atoms with Crippen LogP contribution in [0.25, 0.3) is 0 Å². The number of nitrogens with zero attached hydrogens (tertiary/aromatic N) is 1. The highest BCUT2D eigenvalue weighted by Crippen LogP contribution is 2.28. The zero-order valence-electron chi connectivity index (χ0n) is 8.21. The van der Waals surface area contributed by atoms with Gasteiger partial charge in [0, 0.05) is 0 Å². The normalized spacial score (nSPS) is 11.8. The van der Waals surface area contributed by atoms with Gasteiger partial charge in [-0.05, 0) is 37.1 Å². The Morgan fingerprint density at radius 1 is 1.43 bits per heavy atom. The van der Waals surface area contributed by atoms with Crippen molar-refractivity contribution in [3.05, 3.63) is 23.3 Å². The third kappa shape index (κ3) is 2.17. The maximum absolute atomic E-state index is 9.41. The number of amidine groups is 1. The lowest BCUT2D eigenvalue weighted by molar-refractivity contribution is 0.470. The number of phenols is 1. The fraction of sp³-hybridized carbons (Fsp3) is 0.300. The number of alkyl halides is 1. The molecule has 1 rings (SSSR count). The van der Waals surface area contributed by atoms with Gasteiger partial charge in [-0.2, -0.15) is 0 Å². The van der Waals surface area contributed by atoms with Crippen LogP contribution in [0.1, 0.15) is 11.1 Å². The van der Waals surface area contributed by atoms with Gasteiger partial charge in [0.05, 0.1) is 11.6 Å². The minimum Gasteiger partial charge on any atom is -0.508 e. The summed E-state index contributed by atoms with van der Waals surface area (Å²) >= 11 is 5.52. The average molecular weight is 213 g/mol. The van der Waals surface area contributed by atoms with Crippen molar-refractivity contribution in [2.24, 2.45) is 10.7 Å². The van der Waals surface area contributed by atoms with E-state index < -0.39 is 0 Å². The molecular weight excluding hydrogens is 200 g/mol. The lowest BCUT2D eigenvalue weighted by Crippen LogP contribution is -2.12. The van der Waals surface area contributed by atoms with Crippen LogP contribution in [-0.4, -0.2) is 16.8 Å². The molecule has 0 saturated carbocycles. The lowest BCUT2D eigenvalue weighted by Gasteiger charge is -2.06. The molecule has 0 saturated heterocycles. The van der Waals surface area contributed by atoms with Gasteiger partial charge in [0.25, 0.3) is 0 Å². The van der Waals surface area contributed by atoms with Crippen LogP contribution < -0.4 is 5.73 Å². The number of halogens is 1. The predicted molar refractivity (Wildman–Crippen MR) is 59.6 cm³/mol. The molecule has 3 N–H and O–H groups in total. The van der Waals surface area contributed by atoms with Crippen molar-refractivity contribution in [3.8, 4) is 5.75 Å². The third-order valence-corrected chi connectivity index (χ3v) is 2.40. The molecule has 1 aromatic carbocycles. The van der Waals surface area contributed by atoms with Crippen LogP contribution in [0.3, 0.4) is 0 Å². The van der Waals surface area contributed by atoms with E-state index in [0.717, 1.165) is 16.8 Å². The highest BCUT2D eigenvalue weighted by atomic mass is 35.5. The van der Waals surface area contributed by atoms with E-state index in [2.05, 4.69) is 4.99 Å². The lowest BCUT2D eigenvalue weighted by atomic mass is 10.1. The molecule has 0 atom stereocenters. The molecule has 0 aliphatic heterocycles. The fourth-order valence-electron chi connectivity index (χ4n) is 1.10. The Hall–Kier alpha value is -1.22. The molecule has 0 unspecified atom stereocenters. The van der Waals surface area contributed by atoms with E-state index in [4.69, 9.17) is 17.3 Å². The molecule has 0 bridgehead atoms. The number of benzene rings is 1. The monoisotopic (exact) mass is 212 g/mol. The number of aromatic hydroxyl groups is 1. The van der Waals surface area contributed by atoms with Crippen LogP contribution in [0.5, 0.6) is 5.75 Å². The van der Waals surface area contributed by atoms with Gasteiger partial charge in [0.1, 0.15) is 11.6 Å². The minimum atomic E-state index is 0.208. The molecule has 14 heavy (non-hydrogen) atoms. The smallest absolute Gasteiger partial charge is 0.118 e. The van der Waals surface area contributed by atoms with Crippen LogP contribution in [0, 0.1) is 13.8 Å². The van der Waals surface area contributed by atoms with E-state index in [0.29, 0.717) is 5.84 Å². The van der Waals surface area contributed by atoms with Crippen molar-refractivity contribution in [1.29, 1.82) is 0 Å². The molecule has 0 fully saturated rings. The Kier molecular flexibility index (Phi) is 3.36. The summed E-state index contributed by atoms with van der Waals surface area (Å²) in [6.45, 7) is 3.72. The standard InChI is InChI=1S/C10H13ClN2O/c1-6-7(2)9(14)4-3-8(6)13-10(12)5-11/h3-4,14H,5H2,1-2H3,(H2,12,13). The third-order valence-electron chi connectivity index (χ3n) is 2.13. The summed E-state index contributed by atoms with van der Waals surface area (Å²) in [6.07, 6.45) is 0. The van der Waals surface area contributed by atoms with Gasteiger partial charge < -0.3 is 10.8 Å². The van der Waals surface area contributed by atoms with Crippen LogP contribution in [0.2, 0.25) is 0 Å². The second-order valence-corrected chi connectivity index (χ2v) is 3.36. The molecule has 0 aromatic heterocycles. The summed E-state index contributed by atoms with van der Waals surface area (Å²) in [4.78, 5) is 4.13. The zero-order chi connectivity index (χ0) is 10.7. The topological polar surface area (TPSA) is 58.6 Å². The second kappa shape index (κ2) is 4.33. The van der Waals surface area contributed by atoms with Crippen molar-refractivity contribution < 1.29 is 5.11 Å². The zero-order valence-corrected chi connectivity index (χ0v) is 8.97. The van der Waals surface area contributed by atoms with Gasteiger partial charge in [-0.1, -0.05) is 0 Å². The van der Waals surface area contributed by atoms with Crippen molar-refractivity contribution in [1.82, 2.24) is 0 Å². The van der Waals surface area contributed by atoms with Gasteiger partial charge in [-0.25, -0.2) is 4.99 Å². The first kappa shape index (κ1) is 10.9. The Morgan fingerprint density at radius 2 is 2.07 bits per heavy atom. The predicted octanol–water partition coefficient (Wildman–Crippen LogP) is 2.24. The van der Waals surface area contributed by atoms with Gasteiger partial charge in [-0.3, -0.25) is 0 Å². The van der Waals surface area contributed by atoms with Crippen LogP contribution >= 0.6 is 11.6 Å². The van der Waals surface area contributed by atoms with Gasteiger partial charge in [0.15, 0.2) is 0 Å². The Morgan fingerprint density at radius 3 is 2.64 bits per heavy atom. The molecule has 0 heterocycles. The minimum absolute atomic E-state index is 0.208. The Bertz CT molecular complexity index is 375. The summed E-state index contributed by atoms with van der Waals surface area (Å²) < 4.78 is 0.